The van der Waals surface area contributed by atoms with E-state index < -0.39 is 0 Å². The zero-order valence-electron chi connectivity index (χ0n) is 13.1. The smallest absolute Gasteiger partial charge is 0.245 e. The van der Waals surface area contributed by atoms with Crippen molar-refractivity contribution in [1.29, 1.82) is 0 Å². The van der Waals surface area contributed by atoms with Gasteiger partial charge in [0.2, 0.25) is 5.91 Å². The average molecular weight is 286 g/mol. The molecule has 1 N–H and O–H groups in total. The van der Waals surface area contributed by atoms with Crippen LogP contribution in [0, 0.1) is 5.92 Å². The van der Waals surface area contributed by atoms with Crippen LogP contribution >= 0.6 is 0 Å². The Bertz CT molecular complexity index is 479. The van der Waals surface area contributed by atoms with E-state index in [1.807, 2.05) is 18.2 Å². The Morgan fingerprint density at radius 1 is 1.14 bits per heavy atom. The molecule has 3 nitrogen and oxygen atoms in total. The lowest BCUT2D eigenvalue weighted by molar-refractivity contribution is -0.133. The Balaban J connectivity index is 1.79. The second-order valence-electron chi connectivity index (χ2n) is 6.59. The van der Waals surface area contributed by atoms with Crippen molar-refractivity contribution in [3.63, 3.8) is 0 Å². The zero-order chi connectivity index (χ0) is 14.8. The van der Waals surface area contributed by atoms with Crippen LogP contribution in [0.15, 0.2) is 30.3 Å². The first kappa shape index (κ1) is 14.6. The second-order valence-corrected chi connectivity index (χ2v) is 6.59. The van der Waals surface area contributed by atoms with Gasteiger partial charge in [-0.1, -0.05) is 44.2 Å². The van der Waals surface area contributed by atoms with Crippen LogP contribution in [-0.4, -0.2) is 23.0 Å². The SMILES string of the molecule is CCC1NC(c2ccccc2)C(=O)N1C1CCC(C)CC1. The van der Waals surface area contributed by atoms with Gasteiger partial charge in [-0.05, 0) is 43.6 Å². The second kappa shape index (κ2) is 6.18. The van der Waals surface area contributed by atoms with E-state index in [-0.39, 0.29) is 18.1 Å². The van der Waals surface area contributed by atoms with Gasteiger partial charge in [-0.2, -0.15) is 0 Å². The Morgan fingerprint density at radius 3 is 2.43 bits per heavy atom. The molecule has 2 fully saturated rings. The Hall–Kier alpha value is -1.35. The monoisotopic (exact) mass is 286 g/mol. The molecule has 0 radical (unpaired) electrons. The molecule has 114 valence electrons. The van der Waals surface area contributed by atoms with Gasteiger partial charge >= 0.3 is 0 Å². The lowest BCUT2D eigenvalue weighted by Crippen LogP contribution is -2.45. The maximum atomic E-state index is 12.9. The van der Waals surface area contributed by atoms with Gasteiger partial charge in [0.15, 0.2) is 0 Å². The summed E-state index contributed by atoms with van der Waals surface area (Å²) in [6.45, 7) is 4.49. The van der Waals surface area contributed by atoms with Crippen LogP contribution in [0.4, 0.5) is 0 Å². The van der Waals surface area contributed by atoms with Crippen LogP contribution in [0.5, 0.6) is 0 Å². The lowest BCUT2D eigenvalue weighted by atomic mass is 9.86. The van der Waals surface area contributed by atoms with Gasteiger partial charge in [0.1, 0.15) is 6.04 Å². The minimum atomic E-state index is -0.157. The number of nitrogens with zero attached hydrogens (tertiary/aromatic N) is 1. The highest BCUT2D eigenvalue weighted by atomic mass is 16.2. The third-order valence-corrected chi connectivity index (χ3v) is 5.09. The summed E-state index contributed by atoms with van der Waals surface area (Å²) in [6, 6.07) is 10.4. The molecule has 0 spiro atoms. The maximum Gasteiger partial charge on any atom is 0.245 e. The normalized spacial score (nSPS) is 33.4. The third kappa shape index (κ3) is 2.84. The van der Waals surface area contributed by atoms with Gasteiger partial charge in [-0.25, -0.2) is 0 Å². The lowest BCUT2D eigenvalue weighted by Gasteiger charge is -2.36. The summed E-state index contributed by atoms with van der Waals surface area (Å²) in [6.07, 6.45) is 5.99. The van der Waals surface area contributed by atoms with Gasteiger partial charge in [-0.3, -0.25) is 10.1 Å². The maximum absolute atomic E-state index is 12.9. The largest absolute Gasteiger partial charge is 0.323 e. The van der Waals surface area contributed by atoms with E-state index in [4.69, 9.17) is 0 Å². The topological polar surface area (TPSA) is 32.3 Å². The summed E-state index contributed by atoms with van der Waals surface area (Å²) in [7, 11) is 0. The number of carbonyl (C=O) groups is 1. The van der Waals surface area contributed by atoms with E-state index in [0.717, 1.165) is 30.7 Å². The van der Waals surface area contributed by atoms with E-state index in [1.165, 1.54) is 12.8 Å². The van der Waals surface area contributed by atoms with Crippen LogP contribution in [-0.2, 0) is 4.79 Å². The van der Waals surface area contributed by atoms with Crippen molar-refractivity contribution >= 4 is 5.91 Å². The molecule has 0 aromatic heterocycles. The summed E-state index contributed by atoms with van der Waals surface area (Å²) in [4.78, 5) is 15.1. The molecule has 1 heterocycles. The zero-order valence-corrected chi connectivity index (χ0v) is 13.1. The molecular formula is C18H26N2O. The van der Waals surface area contributed by atoms with Gasteiger partial charge in [0, 0.05) is 6.04 Å². The average Bonchev–Trinajstić information content (AvgIpc) is 2.86. The number of carbonyl (C=O) groups excluding carboxylic acids is 1. The fraction of sp³-hybridized carbons (Fsp3) is 0.611. The van der Waals surface area contributed by atoms with Crippen molar-refractivity contribution in [2.24, 2.45) is 5.92 Å². The Labute approximate surface area is 127 Å². The molecule has 3 rings (SSSR count). The molecule has 1 aliphatic heterocycles. The van der Waals surface area contributed by atoms with Crippen LogP contribution < -0.4 is 5.32 Å². The molecule has 0 bridgehead atoms. The molecule has 1 aromatic rings. The highest BCUT2D eigenvalue weighted by Gasteiger charge is 2.42. The molecule has 1 amide bonds. The minimum absolute atomic E-state index is 0.157. The van der Waals surface area contributed by atoms with E-state index in [0.29, 0.717) is 6.04 Å². The molecular weight excluding hydrogens is 260 g/mol. The first-order valence-corrected chi connectivity index (χ1v) is 8.34. The highest BCUT2D eigenvalue weighted by molar-refractivity contribution is 5.86. The summed E-state index contributed by atoms with van der Waals surface area (Å²) in [5.74, 6) is 1.09. The predicted molar refractivity (Wildman–Crippen MR) is 84.7 cm³/mol. The highest BCUT2D eigenvalue weighted by Crippen LogP contribution is 2.34. The summed E-state index contributed by atoms with van der Waals surface area (Å²) >= 11 is 0. The molecule has 3 heteroatoms. The Morgan fingerprint density at radius 2 is 1.81 bits per heavy atom. The van der Waals surface area contributed by atoms with Crippen LogP contribution in [0.25, 0.3) is 0 Å². The quantitative estimate of drug-likeness (QED) is 0.922. The molecule has 1 aromatic carbocycles. The first-order valence-electron chi connectivity index (χ1n) is 8.34. The summed E-state index contributed by atoms with van der Waals surface area (Å²) in [5.41, 5.74) is 1.09. The van der Waals surface area contributed by atoms with E-state index >= 15 is 0 Å². The van der Waals surface area contributed by atoms with E-state index in [2.05, 4.69) is 36.2 Å². The van der Waals surface area contributed by atoms with Crippen LogP contribution in [0.1, 0.15) is 57.6 Å². The molecule has 2 aliphatic rings. The van der Waals surface area contributed by atoms with Crippen LogP contribution in [0.3, 0.4) is 0 Å². The molecule has 1 saturated heterocycles. The molecule has 2 atom stereocenters. The van der Waals surface area contributed by atoms with Gasteiger partial charge in [0.05, 0.1) is 6.17 Å². The molecule has 21 heavy (non-hydrogen) atoms. The van der Waals surface area contributed by atoms with Crippen molar-refractivity contribution in [2.45, 2.75) is 64.2 Å². The summed E-state index contributed by atoms with van der Waals surface area (Å²) < 4.78 is 0. The fourth-order valence-electron chi connectivity index (χ4n) is 3.80. The first-order chi connectivity index (χ1) is 10.2. The van der Waals surface area contributed by atoms with E-state index in [9.17, 15) is 4.79 Å². The van der Waals surface area contributed by atoms with Crippen molar-refractivity contribution in [1.82, 2.24) is 10.2 Å². The van der Waals surface area contributed by atoms with Gasteiger partial charge < -0.3 is 4.90 Å². The Kier molecular flexibility index (Phi) is 4.29. The predicted octanol–water partition coefficient (Wildman–Crippen LogP) is 3.47. The standard InChI is InChI=1S/C18H26N2O/c1-3-16-19-17(14-7-5-4-6-8-14)18(21)20(16)15-11-9-13(2)10-12-15/h4-8,13,15-17,19H,3,9-12H2,1-2H3. The molecule has 2 unspecified atom stereocenters. The number of nitrogens with one attached hydrogen (secondary N) is 1. The van der Waals surface area contributed by atoms with Crippen molar-refractivity contribution in [3.05, 3.63) is 35.9 Å². The van der Waals surface area contributed by atoms with Crippen molar-refractivity contribution in [3.8, 4) is 0 Å². The summed E-state index contributed by atoms with van der Waals surface area (Å²) in [5, 5.41) is 3.54. The van der Waals surface area contributed by atoms with E-state index in [1.54, 1.807) is 0 Å². The van der Waals surface area contributed by atoms with Crippen molar-refractivity contribution in [2.75, 3.05) is 0 Å². The number of hydrogen-bond donors (Lipinski definition) is 1. The van der Waals surface area contributed by atoms with Crippen LogP contribution in [0.2, 0.25) is 0 Å². The number of benzene rings is 1. The van der Waals surface area contributed by atoms with Crippen molar-refractivity contribution < 1.29 is 4.79 Å². The van der Waals surface area contributed by atoms with Gasteiger partial charge in [-0.15, -0.1) is 0 Å². The number of hydrogen-bond acceptors (Lipinski definition) is 2. The minimum Gasteiger partial charge on any atom is -0.323 e. The van der Waals surface area contributed by atoms with Gasteiger partial charge in [0.25, 0.3) is 0 Å². The number of amides is 1. The number of rotatable bonds is 3. The molecule has 1 saturated carbocycles. The third-order valence-electron chi connectivity index (χ3n) is 5.09. The fourth-order valence-corrected chi connectivity index (χ4v) is 3.80. The molecule has 1 aliphatic carbocycles.